The molecule has 1 aliphatic heterocycles. The molecule has 0 unspecified atom stereocenters. The molecule has 1 fully saturated rings. The predicted molar refractivity (Wildman–Crippen MR) is 128 cm³/mol. The van der Waals surface area contributed by atoms with Crippen LogP contribution in [0.3, 0.4) is 0 Å². The van der Waals surface area contributed by atoms with E-state index in [1.807, 2.05) is 30.3 Å². The van der Waals surface area contributed by atoms with Gasteiger partial charge in [0.2, 0.25) is 5.91 Å². The first-order valence-corrected chi connectivity index (χ1v) is 11.5. The number of amides is 1. The largest absolute Gasteiger partial charge is 0.403 e. The zero-order valence-electron chi connectivity index (χ0n) is 19.8. The number of rotatable bonds is 5. The Balaban J connectivity index is 1.62. The van der Waals surface area contributed by atoms with Gasteiger partial charge in [-0.25, -0.2) is 15.0 Å². The van der Waals surface area contributed by atoms with Gasteiger partial charge < -0.3 is 15.2 Å². The fourth-order valence-corrected chi connectivity index (χ4v) is 4.51. The van der Waals surface area contributed by atoms with Crippen molar-refractivity contribution in [1.82, 2.24) is 24.7 Å². The normalized spacial score (nSPS) is 15.6. The Kier molecular flexibility index (Phi) is 6.38. The quantitative estimate of drug-likeness (QED) is 0.417. The van der Waals surface area contributed by atoms with Gasteiger partial charge in [0.05, 0.1) is 12.1 Å². The summed E-state index contributed by atoms with van der Waals surface area (Å²) in [6.45, 7) is -0.944. The third kappa shape index (κ3) is 4.42. The highest BCUT2D eigenvalue weighted by Crippen LogP contribution is 2.47. The molecule has 192 valence electrons. The molecule has 3 aromatic heterocycles. The summed E-state index contributed by atoms with van der Waals surface area (Å²) < 4.78 is 48.9. The fraction of sp³-hybridized carbons (Fsp3) is 0.320. The maximum absolute atomic E-state index is 14.1. The number of hydrogen-bond donors (Lipinski definition) is 2. The second-order valence-corrected chi connectivity index (χ2v) is 8.82. The summed E-state index contributed by atoms with van der Waals surface area (Å²) in [6.07, 6.45) is -2.71. The molecule has 0 saturated carbocycles. The summed E-state index contributed by atoms with van der Waals surface area (Å²) in [5, 5.41) is 16.8. The summed E-state index contributed by atoms with van der Waals surface area (Å²) in [5.74, 6) is -1.43. The number of aliphatic hydroxyl groups excluding tert-OH is 1. The molecule has 1 amide bonds. The lowest BCUT2D eigenvalue weighted by Gasteiger charge is -2.37. The number of hydrogen-bond acceptors (Lipinski definition) is 7. The minimum Gasteiger partial charge on any atom is -0.392 e. The number of pyridine rings is 1. The number of aliphatic hydroxyl groups is 1. The van der Waals surface area contributed by atoms with Crippen molar-refractivity contribution in [2.75, 3.05) is 18.5 Å². The van der Waals surface area contributed by atoms with Crippen LogP contribution >= 0.6 is 0 Å². The third-order valence-electron chi connectivity index (χ3n) is 6.55. The molecule has 4 heterocycles. The topological polar surface area (TPSA) is 115 Å². The van der Waals surface area contributed by atoms with Gasteiger partial charge in [-0.1, -0.05) is 30.3 Å². The molecule has 5 rings (SSSR count). The first-order chi connectivity index (χ1) is 17.7. The number of halogens is 3. The van der Waals surface area contributed by atoms with Gasteiger partial charge in [0.25, 0.3) is 0 Å². The number of nitrogens with zero attached hydrogens (tertiary/aromatic N) is 5. The maximum Gasteiger partial charge on any atom is 0.403 e. The van der Waals surface area contributed by atoms with Crippen LogP contribution in [0.4, 0.5) is 19.0 Å². The predicted octanol–water partition coefficient (Wildman–Crippen LogP) is 3.88. The molecule has 0 spiro atoms. The Labute approximate surface area is 209 Å². The van der Waals surface area contributed by atoms with Crippen molar-refractivity contribution >= 4 is 22.8 Å². The number of carbonyl (C=O) groups is 1. The van der Waals surface area contributed by atoms with Crippen molar-refractivity contribution in [3.8, 4) is 22.5 Å². The summed E-state index contributed by atoms with van der Waals surface area (Å²) in [4.78, 5) is 26.2. The average molecular weight is 512 g/mol. The van der Waals surface area contributed by atoms with Crippen molar-refractivity contribution in [2.45, 2.75) is 25.6 Å². The molecule has 0 bridgehead atoms. The first-order valence-electron chi connectivity index (χ1n) is 11.5. The molecular weight excluding hydrogens is 489 g/mol. The van der Waals surface area contributed by atoms with Crippen LogP contribution in [0.5, 0.6) is 0 Å². The number of alkyl halides is 3. The fourth-order valence-electron chi connectivity index (χ4n) is 4.51. The molecular formula is C25H23F3N6O3. The molecule has 2 N–H and O–H groups in total. The monoisotopic (exact) mass is 512 g/mol. The van der Waals surface area contributed by atoms with Crippen molar-refractivity contribution < 1.29 is 27.8 Å². The van der Waals surface area contributed by atoms with E-state index in [9.17, 15) is 23.1 Å². The first kappa shape index (κ1) is 24.8. The van der Waals surface area contributed by atoms with Gasteiger partial charge in [-0.15, -0.1) is 0 Å². The Morgan fingerprint density at radius 2 is 1.89 bits per heavy atom. The van der Waals surface area contributed by atoms with Crippen molar-refractivity contribution in [2.24, 2.45) is 12.5 Å². The summed E-state index contributed by atoms with van der Waals surface area (Å²) in [6, 6.07) is 10.9. The number of aryl methyl sites for hydroxylation is 1. The van der Waals surface area contributed by atoms with E-state index in [1.165, 1.54) is 12.4 Å². The molecule has 1 aliphatic rings. The van der Waals surface area contributed by atoms with Crippen molar-refractivity contribution in [1.29, 1.82) is 0 Å². The van der Waals surface area contributed by atoms with E-state index in [0.29, 0.717) is 22.5 Å². The van der Waals surface area contributed by atoms with E-state index < -0.39 is 36.9 Å². The van der Waals surface area contributed by atoms with Crippen LogP contribution in [0, 0.1) is 5.41 Å². The van der Waals surface area contributed by atoms with Crippen LogP contribution in [-0.2, 0) is 23.2 Å². The van der Waals surface area contributed by atoms with Gasteiger partial charge in [0.1, 0.15) is 34.5 Å². The molecule has 1 aromatic carbocycles. The number of anilines is 1. The molecule has 1 saturated heterocycles. The van der Waals surface area contributed by atoms with E-state index in [0.717, 1.165) is 5.56 Å². The van der Waals surface area contributed by atoms with Crippen LogP contribution in [-0.4, -0.2) is 55.1 Å². The van der Waals surface area contributed by atoms with E-state index in [4.69, 9.17) is 4.74 Å². The highest BCUT2D eigenvalue weighted by Gasteiger charge is 2.60. The van der Waals surface area contributed by atoms with Gasteiger partial charge in [-0.05, 0) is 18.9 Å². The second kappa shape index (κ2) is 9.52. The Morgan fingerprint density at radius 3 is 2.57 bits per heavy atom. The lowest BCUT2D eigenvalue weighted by Crippen LogP contribution is -2.51. The smallest absolute Gasteiger partial charge is 0.392 e. The second-order valence-electron chi connectivity index (χ2n) is 8.82. The lowest BCUT2D eigenvalue weighted by atomic mass is 9.78. The number of benzene rings is 1. The molecule has 37 heavy (non-hydrogen) atoms. The standard InChI is InChI=1S/C25H23F3N6O3/c1-34-12-17(19(33-34)15-5-3-2-4-6-15)20-21-18(29-14-30-20)11-16(13-35)22(31-21)32-23(36)24(25(26,27)28)7-9-37-10-8-24/h2-6,11-12,14,35H,7-10,13H2,1H3,(H,31,32,36). The number of aromatic nitrogens is 5. The highest BCUT2D eigenvalue weighted by atomic mass is 19.4. The minimum atomic E-state index is -4.79. The molecule has 12 heteroatoms. The third-order valence-corrected chi connectivity index (χ3v) is 6.55. The van der Waals surface area contributed by atoms with Crippen LogP contribution in [0.2, 0.25) is 0 Å². The zero-order valence-corrected chi connectivity index (χ0v) is 19.8. The summed E-state index contributed by atoms with van der Waals surface area (Å²) in [5.41, 5.74) is 0.572. The van der Waals surface area contributed by atoms with Gasteiger partial charge >= 0.3 is 6.18 Å². The summed E-state index contributed by atoms with van der Waals surface area (Å²) >= 11 is 0. The molecule has 0 atom stereocenters. The number of ether oxygens (including phenoxy) is 1. The number of fused-ring (bicyclic) bond motifs is 1. The van der Waals surface area contributed by atoms with Gasteiger partial charge in [-0.2, -0.15) is 18.3 Å². The van der Waals surface area contributed by atoms with Crippen molar-refractivity contribution in [3.63, 3.8) is 0 Å². The summed E-state index contributed by atoms with van der Waals surface area (Å²) in [7, 11) is 1.76. The minimum absolute atomic E-state index is 0.129. The number of nitrogens with one attached hydrogen (secondary N) is 1. The molecule has 0 radical (unpaired) electrons. The molecule has 0 aliphatic carbocycles. The zero-order chi connectivity index (χ0) is 26.2. The average Bonchev–Trinajstić information content (AvgIpc) is 3.29. The maximum atomic E-state index is 14.1. The Morgan fingerprint density at radius 1 is 1.16 bits per heavy atom. The van der Waals surface area contributed by atoms with Crippen LogP contribution in [0.25, 0.3) is 33.5 Å². The van der Waals surface area contributed by atoms with E-state index in [-0.39, 0.29) is 30.1 Å². The van der Waals surface area contributed by atoms with E-state index in [1.54, 1.807) is 17.9 Å². The van der Waals surface area contributed by atoms with Gasteiger partial charge in [0.15, 0.2) is 0 Å². The highest BCUT2D eigenvalue weighted by molar-refractivity contribution is 5.99. The number of carbonyl (C=O) groups excluding carboxylic acids is 1. The lowest BCUT2D eigenvalue weighted by molar-refractivity contribution is -0.237. The van der Waals surface area contributed by atoms with Gasteiger partial charge in [-0.3, -0.25) is 9.48 Å². The molecule has 4 aromatic rings. The SMILES string of the molecule is Cn1cc(-c2ncnc3cc(CO)c(NC(=O)C4(C(F)(F)F)CCOCC4)nc23)c(-c2ccccc2)n1. The molecule has 9 nitrogen and oxygen atoms in total. The van der Waals surface area contributed by atoms with E-state index in [2.05, 4.69) is 25.4 Å². The van der Waals surface area contributed by atoms with Crippen molar-refractivity contribution in [3.05, 3.63) is 54.5 Å². The van der Waals surface area contributed by atoms with Crippen LogP contribution < -0.4 is 5.32 Å². The Bertz CT molecular complexity index is 1450. The van der Waals surface area contributed by atoms with Gasteiger partial charge in [0, 0.05) is 43.1 Å². The Hall–Kier alpha value is -3.90. The van der Waals surface area contributed by atoms with Crippen LogP contribution in [0.1, 0.15) is 18.4 Å². The van der Waals surface area contributed by atoms with Crippen LogP contribution in [0.15, 0.2) is 48.9 Å². The van der Waals surface area contributed by atoms with E-state index >= 15 is 0 Å².